The third-order valence-electron chi connectivity index (χ3n) is 3.52. The average molecular weight is 254 g/mol. The zero-order valence-electron chi connectivity index (χ0n) is 11.7. The summed E-state index contributed by atoms with van der Waals surface area (Å²) in [5.74, 6) is -1.56. The van der Waals surface area contributed by atoms with E-state index in [2.05, 4.69) is 5.32 Å². The predicted molar refractivity (Wildman–Crippen MR) is 67.7 cm³/mol. The largest absolute Gasteiger partial charge is 0.331 e. The summed E-state index contributed by atoms with van der Waals surface area (Å²) in [5, 5.41) is 2.27. The van der Waals surface area contributed by atoms with Gasteiger partial charge in [0, 0.05) is 6.04 Å². The van der Waals surface area contributed by atoms with E-state index in [0.29, 0.717) is 6.42 Å². The van der Waals surface area contributed by atoms with Crippen LogP contribution in [0.2, 0.25) is 0 Å². The lowest BCUT2D eigenvalue weighted by Gasteiger charge is -2.40. The van der Waals surface area contributed by atoms with Gasteiger partial charge in [0.05, 0.1) is 0 Å². The lowest BCUT2D eigenvalue weighted by Crippen LogP contribution is -2.62. The first kappa shape index (κ1) is 14.7. The third-order valence-corrected chi connectivity index (χ3v) is 3.52. The molecule has 1 aliphatic rings. The van der Waals surface area contributed by atoms with E-state index in [0.717, 1.165) is 6.42 Å². The summed E-state index contributed by atoms with van der Waals surface area (Å²) in [6.07, 6.45) is 1.21. The van der Waals surface area contributed by atoms with E-state index in [4.69, 9.17) is 0 Å². The zero-order valence-corrected chi connectivity index (χ0v) is 11.7. The van der Waals surface area contributed by atoms with Crippen molar-refractivity contribution in [2.45, 2.75) is 53.5 Å². The number of hydrogen-bond donors (Lipinski definition) is 1. The highest BCUT2D eigenvalue weighted by atomic mass is 16.2. The first-order valence-electron chi connectivity index (χ1n) is 6.38. The number of nitrogens with one attached hydrogen (secondary N) is 1. The van der Waals surface area contributed by atoms with Gasteiger partial charge < -0.3 is 0 Å². The summed E-state index contributed by atoms with van der Waals surface area (Å²) < 4.78 is 0. The van der Waals surface area contributed by atoms with Crippen LogP contribution in [-0.4, -0.2) is 28.8 Å². The lowest BCUT2D eigenvalue weighted by atomic mass is 9.85. The van der Waals surface area contributed by atoms with Crippen LogP contribution >= 0.6 is 0 Å². The van der Waals surface area contributed by atoms with Crippen LogP contribution in [0.25, 0.3) is 0 Å². The van der Waals surface area contributed by atoms with Gasteiger partial charge in [-0.2, -0.15) is 0 Å². The number of imide groups is 2. The fraction of sp³-hybridized carbons (Fsp3) is 0.769. The van der Waals surface area contributed by atoms with Crippen molar-refractivity contribution in [3.63, 3.8) is 0 Å². The minimum atomic E-state index is -0.725. The van der Waals surface area contributed by atoms with E-state index in [1.807, 2.05) is 34.6 Å². The topological polar surface area (TPSA) is 66.5 Å². The Balaban J connectivity index is 3.00. The fourth-order valence-corrected chi connectivity index (χ4v) is 1.93. The van der Waals surface area contributed by atoms with Gasteiger partial charge in [-0.25, -0.2) is 4.79 Å². The minimum absolute atomic E-state index is 0.218. The standard InChI is InChI=1S/C13H22N2O3/c1-6-7-9-10(16)14-12(18)15(11(9)17)8(2)13(3,4)5/h8-9H,6-7H2,1-5H3,(H,14,16,18). The van der Waals surface area contributed by atoms with Crippen LogP contribution in [0.3, 0.4) is 0 Å². The molecule has 1 rings (SSSR count). The molecule has 0 spiro atoms. The summed E-state index contributed by atoms with van der Waals surface area (Å²) in [5.41, 5.74) is -0.218. The van der Waals surface area contributed by atoms with Gasteiger partial charge in [-0.1, -0.05) is 34.1 Å². The molecule has 18 heavy (non-hydrogen) atoms. The highest BCUT2D eigenvalue weighted by Gasteiger charge is 2.44. The van der Waals surface area contributed by atoms with Crippen molar-refractivity contribution < 1.29 is 14.4 Å². The molecule has 1 N–H and O–H groups in total. The van der Waals surface area contributed by atoms with Gasteiger partial charge in [0.2, 0.25) is 11.8 Å². The van der Waals surface area contributed by atoms with Crippen LogP contribution < -0.4 is 5.32 Å². The molecular formula is C13H22N2O3. The second-order valence-electron chi connectivity index (χ2n) is 5.89. The quantitative estimate of drug-likeness (QED) is 0.782. The molecule has 0 bridgehead atoms. The Morgan fingerprint density at radius 2 is 1.83 bits per heavy atom. The van der Waals surface area contributed by atoms with Gasteiger partial charge in [-0.3, -0.25) is 19.8 Å². The molecule has 0 aliphatic carbocycles. The first-order valence-corrected chi connectivity index (χ1v) is 6.38. The maximum atomic E-state index is 12.3. The smallest absolute Gasteiger partial charge is 0.277 e. The highest BCUT2D eigenvalue weighted by molar-refractivity contribution is 6.16. The summed E-state index contributed by atoms with van der Waals surface area (Å²) in [4.78, 5) is 36.9. The van der Waals surface area contributed by atoms with Crippen LogP contribution in [-0.2, 0) is 9.59 Å². The maximum Gasteiger partial charge on any atom is 0.331 e. The molecule has 5 heteroatoms. The Bertz CT molecular complexity index is 371. The lowest BCUT2D eigenvalue weighted by molar-refractivity contribution is -0.145. The number of nitrogens with zero attached hydrogens (tertiary/aromatic N) is 1. The van der Waals surface area contributed by atoms with Crippen molar-refractivity contribution in [1.82, 2.24) is 10.2 Å². The van der Waals surface area contributed by atoms with Crippen molar-refractivity contribution in [1.29, 1.82) is 0 Å². The summed E-state index contributed by atoms with van der Waals surface area (Å²) in [6.45, 7) is 9.63. The van der Waals surface area contributed by atoms with Crippen LogP contribution in [0.15, 0.2) is 0 Å². The van der Waals surface area contributed by atoms with Gasteiger partial charge in [-0.05, 0) is 18.8 Å². The molecule has 0 saturated carbocycles. The Hall–Kier alpha value is -1.39. The number of urea groups is 1. The Kier molecular flexibility index (Phi) is 4.14. The second kappa shape index (κ2) is 5.08. The molecule has 0 aromatic heterocycles. The SMILES string of the molecule is CCCC1C(=O)NC(=O)N(C(C)C(C)(C)C)C1=O. The molecule has 0 radical (unpaired) electrons. The van der Waals surface area contributed by atoms with Crippen LogP contribution in [0, 0.1) is 11.3 Å². The number of barbiturate groups is 1. The Labute approximate surface area is 108 Å². The maximum absolute atomic E-state index is 12.3. The van der Waals surface area contributed by atoms with Crippen molar-refractivity contribution >= 4 is 17.8 Å². The third kappa shape index (κ3) is 2.71. The normalized spacial score (nSPS) is 23.1. The summed E-state index contributed by atoms with van der Waals surface area (Å²) in [6, 6.07) is -0.850. The van der Waals surface area contributed by atoms with Crippen LogP contribution in [0.5, 0.6) is 0 Å². The van der Waals surface area contributed by atoms with E-state index in [9.17, 15) is 14.4 Å². The van der Waals surface area contributed by atoms with E-state index >= 15 is 0 Å². The monoisotopic (exact) mass is 254 g/mol. The Morgan fingerprint density at radius 1 is 1.28 bits per heavy atom. The first-order chi connectivity index (χ1) is 8.20. The summed E-state index contributed by atoms with van der Waals surface area (Å²) >= 11 is 0. The van der Waals surface area contributed by atoms with Gasteiger partial charge in [0.25, 0.3) is 0 Å². The van der Waals surface area contributed by atoms with Crippen molar-refractivity contribution in [3.8, 4) is 0 Å². The number of amides is 4. The van der Waals surface area contributed by atoms with Gasteiger partial charge in [0.1, 0.15) is 5.92 Å². The fourth-order valence-electron chi connectivity index (χ4n) is 1.93. The van der Waals surface area contributed by atoms with Crippen LogP contribution in [0.4, 0.5) is 4.79 Å². The van der Waals surface area contributed by atoms with E-state index in [1.54, 1.807) is 0 Å². The highest BCUT2D eigenvalue weighted by Crippen LogP contribution is 2.28. The van der Waals surface area contributed by atoms with E-state index in [1.165, 1.54) is 4.90 Å². The molecule has 2 unspecified atom stereocenters. The minimum Gasteiger partial charge on any atom is -0.277 e. The average Bonchev–Trinajstić information content (AvgIpc) is 2.22. The number of rotatable bonds is 3. The molecule has 1 saturated heterocycles. The molecule has 1 aliphatic heterocycles. The summed E-state index contributed by atoms with van der Waals surface area (Å²) in [7, 11) is 0. The zero-order chi connectivity index (χ0) is 14.1. The van der Waals surface area contributed by atoms with Gasteiger partial charge in [0.15, 0.2) is 0 Å². The molecule has 2 atom stereocenters. The molecule has 5 nitrogen and oxygen atoms in total. The van der Waals surface area contributed by atoms with Crippen molar-refractivity contribution in [2.75, 3.05) is 0 Å². The number of carbonyl (C=O) groups excluding carboxylic acids is 3. The molecule has 1 heterocycles. The second-order valence-corrected chi connectivity index (χ2v) is 5.89. The van der Waals surface area contributed by atoms with Gasteiger partial charge in [-0.15, -0.1) is 0 Å². The van der Waals surface area contributed by atoms with Crippen molar-refractivity contribution in [2.24, 2.45) is 11.3 Å². The van der Waals surface area contributed by atoms with Gasteiger partial charge >= 0.3 is 6.03 Å². The van der Waals surface area contributed by atoms with E-state index in [-0.39, 0.29) is 17.4 Å². The molecule has 1 fully saturated rings. The molecular weight excluding hydrogens is 232 g/mol. The van der Waals surface area contributed by atoms with E-state index < -0.39 is 17.9 Å². The number of carbonyl (C=O) groups is 3. The molecule has 0 aromatic carbocycles. The Morgan fingerprint density at radius 3 is 2.28 bits per heavy atom. The predicted octanol–water partition coefficient (Wildman–Crippen LogP) is 1.92. The molecule has 102 valence electrons. The number of hydrogen-bond acceptors (Lipinski definition) is 3. The molecule has 0 aromatic rings. The van der Waals surface area contributed by atoms with Crippen molar-refractivity contribution in [3.05, 3.63) is 0 Å². The molecule has 4 amide bonds. The van der Waals surface area contributed by atoms with Crippen LogP contribution in [0.1, 0.15) is 47.5 Å².